The number of hydrogen-bond donors (Lipinski definition) is 1. The van der Waals surface area contributed by atoms with Crippen molar-refractivity contribution in [1.82, 2.24) is 10.2 Å². The largest absolute Gasteiger partial charge is 1.00 e. The number of rotatable bonds is 5. The number of aliphatic carboxylic acids is 1. The van der Waals surface area contributed by atoms with E-state index in [1.54, 1.807) is 0 Å². The number of hydrogen-bond acceptors (Lipinski definition) is 5. The fourth-order valence-electron chi connectivity index (χ4n) is 3.95. The molecule has 1 saturated carbocycles. The molecule has 1 aliphatic carbocycles. The van der Waals surface area contributed by atoms with Gasteiger partial charge in [-0.05, 0) is 38.7 Å². The summed E-state index contributed by atoms with van der Waals surface area (Å²) in [6.45, 7) is 2.27. The number of carbonyl (C=O) groups is 2. The van der Waals surface area contributed by atoms with Gasteiger partial charge in [-0.25, -0.2) is 0 Å². The van der Waals surface area contributed by atoms with Crippen molar-refractivity contribution >= 4 is 22.8 Å². The summed E-state index contributed by atoms with van der Waals surface area (Å²) in [4.78, 5) is 25.9. The maximum absolute atomic E-state index is 12.7. The summed E-state index contributed by atoms with van der Waals surface area (Å²) < 4.78 is 5.73. The Balaban J connectivity index is 0.00000196. The first-order valence-corrected chi connectivity index (χ1v) is 8.79. The number of carbonyl (C=O) groups excluding carboxylic acids is 2. The van der Waals surface area contributed by atoms with E-state index in [2.05, 4.69) is 5.32 Å². The molecule has 26 heavy (non-hydrogen) atoms. The van der Waals surface area contributed by atoms with Gasteiger partial charge in [0.25, 0.3) is 0 Å². The van der Waals surface area contributed by atoms with E-state index in [-0.39, 0.29) is 47.5 Å². The molecule has 2 unspecified atom stereocenters. The van der Waals surface area contributed by atoms with Crippen LogP contribution in [0.15, 0.2) is 28.7 Å². The van der Waals surface area contributed by atoms with Gasteiger partial charge in [-0.15, -0.1) is 0 Å². The van der Waals surface area contributed by atoms with E-state index in [9.17, 15) is 14.7 Å². The monoisotopic (exact) mass is 364 g/mol. The van der Waals surface area contributed by atoms with Crippen LogP contribution < -0.4 is 40.0 Å². The number of carboxylic acid groups (broad SMARTS) is 1. The van der Waals surface area contributed by atoms with Crippen LogP contribution in [0.3, 0.4) is 0 Å². The second-order valence-corrected chi connectivity index (χ2v) is 6.96. The van der Waals surface area contributed by atoms with E-state index in [1.807, 2.05) is 36.1 Å². The van der Waals surface area contributed by atoms with E-state index >= 15 is 0 Å². The van der Waals surface area contributed by atoms with Crippen LogP contribution in [0, 0.1) is 6.92 Å². The third-order valence-corrected chi connectivity index (χ3v) is 5.32. The maximum Gasteiger partial charge on any atom is 1.00 e. The third-order valence-electron chi connectivity index (χ3n) is 5.32. The molecule has 2 fully saturated rings. The van der Waals surface area contributed by atoms with Gasteiger partial charge in [-0.1, -0.05) is 18.2 Å². The predicted molar refractivity (Wildman–Crippen MR) is 89.5 cm³/mol. The Hall–Kier alpha value is -1.34. The normalized spacial score (nSPS) is 23.0. The van der Waals surface area contributed by atoms with Gasteiger partial charge in [0.15, 0.2) is 0 Å². The standard InChI is InChI=1S/C19H22N2O4.Na/c1-11-14(13-4-2-3-5-17(13)25-11)10-20-18(22)15-8-9-16(19(23)24)21(15)12-6-7-12;/h2-5,12,15-16H,6-10H2,1H3,(H,20,22)(H,23,24);/q;+1/p-1. The third kappa shape index (κ3) is 3.56. The molecule has 1 aromatic carbocycles. The Kier molecular flexibility index (Phi) is 5.77. The molecule has 1 saturated heterocycles. The van der Waals surface area contributed by atoms with Crippen molar-refractivity contribution in [3.63, 3.8) is 0 Å². The van der Waals surface area contributed by atoms with Crippen molar-refractivity contribution in [2.75, 3.05) is 0 Å². The Labute approximate surface area is 174 Å². The Morgan fingerprint density at radius 2 is 1.88 bits per heavy atom. The number of furan rings is 1. The number of nitrogens with zero attached hydrogens (tertiary/aromatic N) is 1. The molecule has 2 aromatic rings. The number of amides is 1. The van der Waals surface area contributed by atoms with Gasteiger partial charge >= 0.3 is 29.6 Å². The number of carboxylic acids is 1. The Morgan fingerprint density at radius 3 is 2.58 bits per heavy atom. The van der Waals surface area contributed by atoms with E-state index in [0.717, 1.165) is 35.1 Å². The molecule has 6 nitrogen and oxygen atoms in total. The minimum absolute atomic E-state index is 0. The van der Waals surface area contributed by atoms with E-state index in [1.165, 1.54) is 0 Å². The van der Waals surface area contributed by atoms with Crippen LogP contribution in [0.25, 0.3) is 11.0 Å². The second-order valence-electron chi connectivity index (χ2n) is 6.96. The molecule has 1 N–H and O–H groups in total. The molecule has 0 spiro atoms. The smallest absolute Gasteiger partial charge is 0.548 e. The molecule has 1 aromatic heterocycles. The van der Waals surface area contributed by atoms with Crippen molar-refractivity contribution < 1.29 is 48.7 Å². The molecule has 1 aliphatic heterocycles. The van der Waals surface area contributed by atoms with Crippen LogP contribution in [-0.2, 0) is 16.1 Å². The Morgan fingerprint density at radius 1 is 1.19 bits per heavy atom. The number of para-hydroxylation sites is 1. The van der Waals surface area contributed by atoms with Crippen LogP contribution in [0.2, 0.25) is 0 Å². The van der Waals surface area contributed by atoms with E-state index in [0.29, 0.717) is 19.4 Å². The van der Waals surface area contributed by atoms with E-state index < -0.39 is 12.0 Å². The predicted octanol–water partition coefficient (Wildman–Crippen LogP) is -1.89. The summed E-state index contributed by atoms with van der Waals surface area (Å²) in [6.07, 6.45) is 2.95. The average Bonchev–Trinajstić information content (AvgIpc) is 3.24. The van der Waals surface area contributed by atoms with Crippen LogP contribution in [-0.4, -0.2) is 34.9 Å². The van der Waals surface area contributed by atoms with Gasteiger partial charge < -0.3 is 19.6 Å². The van der Waals surface area contributed by atoms with Gasteiger partial charge in [0.2, 0.25) is 5.91 Å². The van der Waals surface area contributed by atoms with Crippen molar-refractivity contribution in [3.8, 4) is 0 Å². The Bertz CT molecular complexity index is 830. The minimum atomic E-state index is -1.07. The number of benzene rings is 1. The van der Waals surface area contributed by atoms with Gasteiger partial charge in [-0.3, -0.25) is 9.69 Å². The quantitative estimate of drug-likeness (QED) is 0.627. The van der Waals surface area contributed by atoms with Crippen LogP contribution in [0.4, 0.5) is 0 Å². The first-order chi connectivity index (χ1) is 12.1. The molecule has 132 valence electrons. The number of fused-ring (bicyclic) bond motifs is 1. The van der Waals surface area contributed by atoms with Crippen LogP contribution in [0.1, 0.15) is 37.0 Å². The zero-order valence-electron chi connectivity index (χ0n) is 15.2. The molecule has 1 amide bonds. The van der Waals surface area contributed by atoms with Crippen LogP contribution in [0.5, 0.6) is 0 Å². The minimum Gasteiger partial charge on any atom is -0.548 e. The van der Waals surface area contributed by atoms with Gasteiger partial charge in [0.1, 0.15) is 11.3 Å². The van der Waals surface area contributed by atoms with Crippen molar-refractivity contribution in [1.29, 1.82) is 0 Å². The topological polar surface area (TPSA) is 85.6 Å². The van der Waals surface area contributed by atoms with E-state index in [4.69, 9.17) is 4.42 Å². The molecule has 2 atom stereocenters. The zero-order valence-corrected chi connectivity index (χ0v) is 17.2. The molecule has 4 rings (SSSR count). The van der Waals surface area contributed by atoms with Gasteiger partial charge in [-0.2, -0.15) is 0 Å². The SMILES string of the molecule is Cc1oc2ccccc2c1CNC(=O)C1CCC(C(=O)[O-])N1C1CC1.[Na+]. The van der Waals surface area contributed by atoms with Crippen molar-refractivity contribution in [2.24, 2.45) is 0 Å². The molecule has 0 radical (unpaired) electrons. The second kappa shape index (κ2) is 7.72. The first kappa shape index (κ1) is 19.4. The summed E-state index contributed by atoms with van der Waals surface area (Å²) in [5.41, 5.74) is 1.78. The first-order valence-electron chi connectivity index (χ1n) is 8.79. The number of nitrogens with one attached hydrogen (secondary N) is 1. The molecule has 2 heterocycles. The summed E-state index contributed by atoms with van der Waals surface area (Å²) >= 11 is 0. The van der Waals surface area contributed by atoms with Crippen LogP contribution >= 0.6 is 0 Å². The fourth-order valence-corrected chi connectivity index (χ4v) is 3.95. The fraction of sp³-hybridized carbons (Fsp3) is 0.474. The summed E-state index contributed by atoms with van der Waals surface area (Å²) in [5.74, 6) is -0.390. The summed E-state index contributed by atoms with van der Waals surface area (Å²) in [6, 6.07) is 6.93. The zero-order chi connectivity index (χ0) is 17.6. The molecule has 0 bridgehead atoms. The molecular formula is C19H21N2NaO4. The number of aryl methyl sites for hydroxylation is 1. The van der Waals surface area contributed by atoms with Crippen molar-refractivity contribution in [2.45, 2.75) is 57.3 Å². The maximum atomic E-state index is 12.7. The van der Waals surface area contributed by atoms with Gasteiger partial charge in [0.05, 0.1) is 18.1 Å². The van der Waals surface area contributed by atoms with Gasteiger partial charge in [0, 0.05) is 23.5 Å². The molecule has 2 aliphatic rings. The summed E-state index contributed by atoms with van der Waals surface area (Å²) in [5, 5.41) is 15.3. The molecule has 7 heteroatoms. The molecular weight excluding hydrogens is 343 g/mol. The summed E-state index contributed by atoms with van der Waals surface area (Å²) in [7, 11) is 0. The average molecular weight is 364 g/mol. The van der Waals surface area contributed by atoms with Crippen molar-refractivity contribution in [3.05, 3.63) is 35.6 Å². The number of likely N-dealkylation sites (tertiary alicyclic amines) is 1.